The largest absolute Gasteiger partial charge is 0.360 e. The molecule has 0 saturated heterocycles. The van der Waals surface area contributed by atoms with Crippen LogP contribution in [0.4, 0.5) is 5.95 Å². The molecule has 0 unspecified atom stereocenters. The summed E-state index contributed by atoms with van der Waals surface area (Å²) in [7, 11) is 4.04. The summed E-state index contributed by atoms with van der Waals surface area (Å²) in [5.74, 6) is 0.460. The van der Waals surface area contributed by atoms with Crippen molar-refractivity contribution in [2.24, 2.45) is 0 Å². The molecule has 1 amide bonds. The lowest BCUT2D eigenvalue weighted by Crippen LogP contribution is -2.25. The molecule has 0 radical (unpaired) electrons. The molecular weight excluding hydrogens is 426 g/mol. The highest BCUT2D eigenvalue weighted by Crippen LogP contribution is 2.20. The van der Waals surface area contributed by atoms with Crippen molar-refractivity contribution in [1.29, 1.82) is 5.26 Å². The number of hydrogen-bond acceptors (Lipinski definition) is 6. The number of nitrogens with zero attached hydrogens (tertiary/aromatic N) is 4. The van der Waals surface area contributed by atoms with Gasteiger partial charge in [-0.3, -0.25) is 4.79 Å². The monoisotopic (exact) mass is 453 g/mol. The van der Waals surface area contributed by atoms with Gasteiger partial charge in [0.1, 0.15) is 6.07 Å². The van der Waals surface area contributed by atoms with Crippen molar-refractivity contribution in [2.45, 2.75) is 6.42 Å². The van der Waals surface area contributed by atoms with Crippen LogP contribution < -0.4 is 10.6 Å². The Labute approximate surface area is 198 Å². The smallest absolute Gasteiger partial charge is 0.251 e. The molecule has 0 atom stereocenters. The third-order valence-electron chi connectivity index (χ3n) is 5.51. The average Bonchev–Trinajstić information content (AvgIpc) is 3.26. The predicted molar refractivity (Wildman–Crippen MR) is 134 cm³/mol. The number of benzene rings is 2. The first-order chi connectivity index (χ1) is 16.5. The average molecular weight is 454 g/mol. The third-order valence-corrected chi connectivity index (χ3v) is 5.51. The van der Waals surface area contributed by atoms with Gasteiger partial charge in [-0.2, -0.15) is 5.26 Å². The lowest BCUT2D eigenvalue weighted by molar-refractivity contribution is 0.0954. The van der Waals surface area contributed by atoms with Crippen LogP contribution in [0.25, 0.3) is 22.2 Å². The number of aromatic nitrogens is 3. The SMILES string of the molecule is CN(C)CCNc1nccc(-c2ccc(C(=O)NCCc3ccc4[nH]cc(C#N)c4c3)cc2)n1. The van der Waals surface area contributed by atoms with E-state index in [2.05, 4.69) is 36.6 Å². The molecule has 3 N–H and O–H groups in total. The van der Waals surface area contributed by atoms with E-state index in [9.17, 15) is 10.1 Å². The summed E-state index contributed by atoms with van der Waals surface area (Å²) in [6, 6.07) is 17.4. The van der Waals surface area contributed by atoms with Crippen LogP contribution in [-0.2, 0) is 6.42 Å². The van der Waals surface area contributed by atoms with Crippen molar-refractivity contribution in [3.8, 4) is 17.3 Å². The molecule has 0 aliphatic heterocycles. The molecule has 0 aliphatic rings. The Bertz CT molecular complexity index is 1320. The molecule has 2 aromatic heterocycles. The van der Waals surface area contributed by atoms with Crippen molar-refractivity contribution >= 4 is 22.8 Å². The van der Waals surface area contributed by atoms with E-state index in [1.165, 1.54) is 0 Å². The molecule has 4 rings (SSSR count). The Morgan fingerprint density at radius 2 is 1.94 bits per heavy atom. The second-order valence-corrected chi connectivity index (χ2v) is 8.27. The second kappa shape index (κ2) is 10.6. The summed E-state index contributed by atoms with van der Waals surface area (Å²) < 4.78 is 0. The van der Waals surface area contributed by atoms with E-state index in [4.69, 9.17) is 0 Å². The number of hydrogen-bond donors (Lipinski definition) is 3. The van der Waals surface area contributed by atoms with Crippen molar-refractivity contribution < 1.29 is 4.79 Å². The summed E-state index contributed by atoms with van der Waals surface area (Å²) in [6.45, 7) is 2.15. The van der Waals surface area contributed by atoms with E-state index in [1.54, 1.807) is 24.5 Å². The van der Waals surface area contributed by atoms with Crippen LogP contribution in [0, 0.1) is 11.3 Å². The molecular formula is C26H27N7O. The lowest BCUT2D eigenvalue weighted by atomic mass is 10.1. The summed E-state index contributed by atoms with van der Waals surface area (Å²) in [4.78, 5) is 26.6. The lowest BCUT2D eigenvalue weighted by Gasteiger charge is -2.11. The number of aromatic amines is 1. The number of fused-ring (bicyclic) bond motifs is 1. The van der Waals surface area contributed by atoms with Crippen LogP contribution in [-0.4, -0.2) is 59.5 Å². The second-order valence-electron chi connectivity index (χ2n) is 8.27. The quantitative estimate of drug-likeness (QED) is 0.358. The fourth-order valence-electron chi connectivity index (χ4n) is 3.63. The van der Waals surface area contributed by atoms with Gasteiger partial charge in [0.2, 0.25) is 5.95 Å². The number of amides is 1. The van der Waals surface area contributed by atoms with Crippen molar-refractivity contribution in [1.82, 2.24) is 25.2 Å². The number of carbonyl (C=O) groups is 1. The van der Waals surface area contributed by atoms with Crippen LogP contribution in [0.5, 0.6) is 0 Å². The molecule has 8 nitrogen and oxygen atoms in total. The Kier molecular flexibility index (Phi) is 7.16. The zero-order valence-corrected chi connectivity index (χ0v) is 19.3. The van der Waals surface area contributed by atoms with Gasteiger partial charge in [-0.25, -0.2) is 9.97 Å². The highest BCUT2D eigenvalue weighted by atomic mass is 16.1. The van der Waals surface area contributed by atoms with E-state index in [-0.39, 0.29) is 5.91 Å². The minimum atomic E-state index is -0.124. The van der Waals surface area contributed by atoms with E-state index in [0.29, 0.717) is 30.0 Å². The van der Waals surface area contributed by atoms with E-state index in [1.807, 2.05) is 50.5 Å². The van der Waals surface area contributed by atoms with E-state index < -0.39 is 0 Å². The van der Waals surface area contributed by atoms with Crippen LogP contribution in [0.3, 0.4) is 0 Å². The predicted octanol–water partition coefficient (Wildman–Crippen LogP) is 3.44. The van der Waals surface area contributed by atoms with E-state index in [0.717, 1.165) is 40.8 Å². The Morgan fingerprint density at radius 1 is 1.12 bits per heavy atom. The van der Waals surface area contributed by atoms with Gasteiger partial charge in [-0.1, -0.05) is 18.2 Å². The molecule has 8 heteroatoms. The third kappa shape index (κ3) is 5.57. The molecule has 0 bridgehead atoms. The number of carbonyl (C=O) groups excluding carboxylic acids is 1. The van der Waals surface area contributed by atoms with Gasteiger partial charge in [0.15, 0.2) is 0 Å². The van der Waals surface area contributed by atoms with Crippen LogP contribution >= 0.6 is 0 Å². The van der Waals surface area contributed by atoms with Gasteiger partial charge in [-0.15, -0.1) is 0 Å². The van der Waals surface area contributed by atoms with Crippen LogP contribution in [0.15, 0.2) is 60.9 Å². The minimum absolute atomic E-state index is 0.124. The van der Waals surface area contributed by atoms with Gasteiger partial charge >= 0.3 is 0 Å². The molecule has 0 saturated carbocycles. The minimum Gasteiger partial charge on any atom is -0.360 e. The number of nitrogens with one attached hydrogen (secondary N) is 3. The summed E-state index contributed by atoms with van der Waals surface area (Å²) >= 11 is 0. The van der Waals surface area contributed by atoms with Crippen LogP contribution in [0.1, 0.15) is 21.5 Å². The fraction of sp³-hybridized carbons (Fsp3) is 0.231. The topological polar surface area (TPSA) is 110 Å². The van der Waals surface area contributed by atoms with Gasteiger partial charge in [0, 0.05) is 54.1 Å². The number of anilines is 1. The first-order valence-electron chi connectivity index (χ1n) is 11.1. The van der Waals surface area contributed by atoms with Gasteiger partial charge in [0.25, 0.3) is 5.91 Å². The molecule has 2 heterocycles. The first kappa shape index (κ1) is 23.0. The highest BCUT2D eigenvalue weighted by Gasteiger charge is 2.08. The van der Waals surface area contributed by atoms with E-state index >= 15 is 0 Å². The zero-order chi connectivity index (χ0) is 23.9. The Morgan fingerprint density at radius 3 is 2.71 bits per heavy atom. The summed E-state index contributed by atoms with van der Waals surface area (Å²) in [5.41, 5.74) is 4.94. The number of rotatable bonds is 9. The summed E-state index contributed by atoms with van der Waals surface area (Å²) in [5, 5.41) is 16.3. The van der Waals surface area contributed by atoms with Crippen LogP contribution in [0.2, 0.25) is 0 Å². The maximum atomic E-state index is 12.6. The highest BCUT2D eigenvalue weighted by molar-refractivity contribution is 5.94. The maximum Gasteiger partial charge on any atom is 0.251 e. The summed E-state index contributed by atoms with van der Waals surface area (Å²) in [6.07, 6.45) is 4.12. The fourth-order valence-corrected chi connectivity index (χ4v) is 3.63. The molecule has 0 fully saturated rings. The normalized spacial score (nSPS) is 10.9. The van der Waals surface area contributed by atoms with Crippen molar-refractivity contribution in [2.75, 3.05) is 39.0 Å². The molecule has 172 valence electrons. The standard InChI is InChI=1S/C26H27N7O/c1-33(2)14-13-30-26-29-12-10-23(32-26)19-4-6-20(7-5-19)25(34)28-11-9-18-3-8-24-22(15-18)21(16-27)17-31-24/h3-8,10,12,15,17,31H,9,11,13-14H2,1-2H3,(H,28,34)(H,29,30,32). The molecule has 0 aliphatic carbocycles. The molecule has 2 aromatic carbocycles. The maximum absolute atomic E-state index is 12.6. The number of likely N-dealkylation sites (N-methyl/N-ethyl adjacent to an activating group) is 1. The van der Waals surface area contributed by atoms with Gasteiger partial charge in [-0.05, 0) is 56.4 Å². The number of H-pyrrole nitrogens is 1. The Balaban J connectivity index is 1.33. The first-order valence-corrected chi connectivity index (χ1v) is 11.1. The molecule has 0 spiro atoms. The van der Waals surface area contributed by atoms with Gasteiger partial charge < -0.3 is 20.5 Å². The van der Waals surface area contributed by atoms with Gasteiger partial charge in [0.05, 0.1) is 11.3 Å². The molecule has 4 aromatic rings. The van der Waals surface area contributed by atoms with Crippen molar-refractivity contribution in [3.05, 3.63) is 77.6 Å². The Hall–Kier alpha value is -4.22. The molecule has 34 heavy (non-hydrogen) atoms. The number of nitriles is 1. The zero-order valence-electron chi connectivity index (χ0n) is 19.3. The van der Waals surface area contributed by atoms with Crippen molar-refractivity contribution in [3.63, 3.8) is 0 Å².